The third-order valence-electron chi connectivity index (χ3n) is 10.3. The van der Waals surface area contributed by atoms with Gasteiger partial charge in [-0.15, -0.1) is 0 Å². The number of esters is 3. The summed E-state index contributed by atoms with van der Waals surface area (Å²) >= 11 is 0. The summed E-state index contributed by atoms with van der Waals surface area (Å²) in [4.78, 5) is 38.0. The molecule has 0 aliphatic carbocycles. The zero-order valence-electron chi connectivity index (χ0n) is 45.5. The van der Waals surface area contributed by atoms with Gasteiger partial charge in [0.05, 0.1) is 6.42 Å². The Hall–Kier alpha value is -6.01. The van der Waals surface area contributed by atoms with E-state index in [0.29, 0.717) is 19.3 Å². The summed E-state index contributed by atoms with van der Waals surface area (Å²) in [5.41, 5.74) is 0. The van der Waals surface area contributed by atoms with Crippen molar-refractivity contribution < 1.29 is 28.6 Å². The van der Waals surface area contributed by atoms with Crippen LogP contribution in [0.25, 0.3) is 0 Å². The van der Waals surface area contributed by atoms with Crippen molar-refractivity contribution in [2.24, 2.45) is 0 Å². The van der Waals surface area contributed by atoms with Gasteiger partial charge in [-0.25, -0.2) is 0 Å². The van der Waals surface area contributed by atoms with E-state index in [1.54, 1.807) is 6.08 Å². The molecule has 0 aromatic rings. The van der Waals surface area contributed by atoms with Gasteiger partial charge in [0.25, 0.3) is 0 Å². The molecule has 6 nitrogen and oxygen atoms in total. The number of carbonyl (C=O) groups excluding carboxylic acids is 3. The lowest BCUT2D eigenvalue weighted by Crippen LogP contribution is -2.30. The highest BCUT2D eigenvalue weighted by atomic mass is 16.6. The van der Waals surface area contributed by atoms with Gasteiger partial charge in [0.2, 0.25) is 0 Å². The van der Waals surface area contributed by atoms with Gasteiger partial charge >= 0.3 is 17.9 Å². The second kappa shape index (κ2) is 58.6. The van der Waals surface area contributed by atoms with Crippen LogP contribution in [-0.2, 0) is 28.6 Å². The summed E-state index contributed by atoms with van der Waals surface area (Å²) in [5, 5.41) is 0. The molecule has 0 bridgehead atoms. The Kier molecular flexibility index (Phi) is 53.7. The summed E-state index contributed by atoms with van der Waals surface area (Å²) < 4.78 is 16.6. The average Bonchev–Trinajstić information content (AvgIpc) is 3.39. The first-order chi connectivity index (χ1) is 36.0. The highest BCUT2D eigenvalue weighted by Crippen LogP contribution is 2.08. The molecule has 6 heteroatoms. The largest absolute Gasteiger partial charge is 0.462 e. The minimum Gasteiger partial charge on any atom is -0.462 e. The summed E-state index contributed by atoms with van der Waals surface area (Å²) in [6, 6.07) is 0. The molecule has 0 spiro atoms. The topological polar surface area (TPSA) is 78.9 Å². The van der Waals surface area contributed by atoms with Gasteiger partial charge in [-0.3, -0.25) is 14.4 Å². The van der Waals surface area contributed by atoms with Crippen molar-refractivity contribution in [2.45, 2.75) is 181 Å². The van der Waals surface area contributed by atoms with Crippen LogP contribution in [0.4, 0.5) is 0 Å². The Bertz CT molecular complexity index is 1860. The molecule has 0 saturated heterocycles. The molecule has 1 unspecified atom stereocenters. The van der Waals surface area contributed by atoms with Gasteiger partial charge in [-0.1, -0.05) is 227 Å². The maximum Gasteiger partial charge on any atom is 0.309 e. The lowest BCUT2D eigenvalue weighted by atomic mass is 10.2. The fraction of sp³-hybridized carbons (Fsp3) is 0.448. The van der Waals surface area contributed by atoms with Gasteiger partial charge in [0.1, 0.15) is 13.2 Å². The molecule has 1 atom stereocenters. The van der Waals surface area contributed by atoms with Crippen molar-refractivity contribution in [1.29, 1.82) is 0 Å². The van der Waals surface area contributed by atoms with E-state index in [9.17, 15) is 14.4 Å². The molecule has 0 rings (SSSR count). The second-order valence-electron chi connectivity index (χ2n) is 17.0. The maximum absolute atomic E-state index is 12.8. The first-order valence-corrected chi connectivity index (χ1v) is 27.6. The van der Waals surface area contributed by atoms with E-state index in [-0.39, 0.29) is 38.4 Å². The van der Waals surface area contributed by atoms with Crippen LogP contribution in [0.3, 0.4) is 0 Å². The highest BCUT2D eigenvalue weighted by Gasteiger charge is 2.19. The van der Waals surface area contributed by atoms with E-state index in [1.807, 2.05) is 6.08 Å². The van der Waals surface area contributed by atoms with Crippen molar-refractivity contribution in [3.8, 4) is 0 Å². The zero-order valence-corrected chi connectivity index (χ0v) is 45.5. The lowest BCUT2D eigenvalue weighted by Gasteiger charge is -2.18. The summed E-state index contributed by atoms with van der Waals surface area (Å²) in [6.45, 7) is 6.07. The first kappa shape index (κ1) is 67.0. The third-order valence-corrected chi connectivity index (χ3v) is 10.3. The van der Waals surface area contributed by atoms with Crippen molar-refractivity contribution in [2.75, 3.05) is 13.2 Å². The van der Waals surface area contributed by atoms with Gasteiger partial charge < -0.3 is 14.2 Å². The van der Waals surface area contributed by atoms with Crippen molar-refractivity contribution >= 4 is 17.9 Å². The van der Waals surface area contributed by atoms with E-state index in [4.69, 9.17) is 14.2 Å². The standard InChI is InChI=1S/C67H96O6/c1-4-7-10-13-16-19-22-25-28-30-31-32-33-34-35-37-39-42-45-48-51-54-57-60-66(69)72-63-64(62-71-65(68)59-56-53-50-47-44-41-38-27-24-21-18-15-12-9-6-3)73-67(70)61-58-55-52-49-46-43-40-36-29-26-23-20-17-14-11-8-5-2/h7-12,16-21,25-29,31-32,34-35,38-40,42-44,47-49,51-53,56,64H,4-6,13-15,22-24,30,33,36-37,41,45-46,50,54-55,57-63H2,1-3H3/b10-7-,11-8-,12-9-,19-16-,20-17-,21-18-,28-25-,29-26-,32-31-,35-34-,38-27-,42-39-,43-40-,47-44-,51-48-,52-49-,56-53-. The Balaban J connectivity index is 4.71. The van der Waals surface area contributed by atoms with Crippen molar-refractivity contribution in [3.63, 3.8) is 0 Å². The van der Waals surface area contributed by atoms with Gasteiger partial charge in [-0.2, -0.15) is 0 Å². The van der Waals surface area contributed by atoms with Gasteiger partial charge in [0.15, 0.2) is 6.10 Å². The third kappa shape index (κ3) is 56.8. The maximum atomic E-state index is 12.8. The zero-order chi connectivity index (χ0) is 52.9. The highest BCUT2D eigenvalue weighted by molar-refractivity contribution is 5.72. The smallest absolute Gasteiger partial charge is 0.309 e. The van der Waals surface area contributed by atoms with Crippen molar-refractivity contribution in [1.82, 2.24) is 0 Å². The molecule has 73 heavy (non-hydrogen) atoms. The van der Waals surface area contributed by atoms with Gasteiger partial charge in [-0.05, 0) is 135 Å². The first-order valence-electron chi connectivity index (χ1n) is 27.6. The molecular formula is C67H96O6. The van der Waals surface area contributed by atoms with Crippen LogP contribution in [0.2, 0.25) is 0 Å². The Morgan fingerprint density at radius 3 is 0.808 bits per heavy atom. The van der Waals surface area contributed by atoms with E-state index < -0.39 is 18.0 Å². The molecule has 400 valence electrons. The molecule has 0 aliphatic rings. The molecular weight excluding hydrogens is 901 g/mol. The van der Waals surface area contributed by atoms with E-state index in [1.165, 1.54) is 0 Å². The van der Waals surface area contributed by atoms with Crippen LogP contribution >= 0.6 is 0 Å². The Morgan fingerprint density at radius 1 is 0.288 bits per heavy atom. The minimum atomic E-state index is -0.885. The molecule has 0 radical (unpaired) electrons. The number of carbonyl (C=O) groups is 3. The summed E-state index contributed by atoms with van der Waals surface area (Å²) in [5.74, 6) is -1.24. The molecule has 0 N–H and O–H groups in total. The van der Waals surface area contributed by atoms with Crippen LogP contribution in [0.5, 0.6) is 0 Å². The van der Waals surface area contributed by atoms with Crippen LogP contribution in [0.1, 0.15) is 175 Å². The monoisotopic (exact) mass is 997 g/mol. The van der Waals surface area contributed by atoms with E-state index >= 15 is 0 Å². The molecule has 0 fully saturated rings. The minimum absolute atomic E-state index is 0.0921. The molecule has 0 amide bonds. The normalized spacial score (nSPS) is 13.7. The molecule has 0 heterocycles. The second-order valence-corrected chi connectivity index (χ2v) is 17.0. The number of ether oxygens (including phenoxy) is 3. The van der Waals surface area contributed by atoms with Crippen molar-refractivity contribution in [3.05, 3.63) is 207 Å². The van der Waals surface area contributed by atoms with Crippen LogP contribution < -0.4 is 0 Å². The number of allylic oxidation sites excluding steroid dienone is 33. The molecule has 0 aliphatic heterocycles. The van der Waals surface area contributed by atoms with E-state index in [2.05, 4.69) is 215 Å². The fourth-order valence-electron chi connectivity index (χ4n) is 6.30. The lowest BCUT2D eigenvalue weighted by molar-refractivity contribution is -0.166. The predicted molar refractivity (Wildman–Crippen MR) is 315 cm³/mol. The van der Waals surface area contributed by atoms with Crippen LogP contribution in [0, 0.1) is 0 Å². The number of unbranched alkanes of at least 4 members (excludes halogenated alkanes) is 2. The number of rotatable bonds is 46. The molecule has 0 aromatic heterocycles. The number of hydrogen-bond donors (Lipinski definition) is 0. The SMILES string of the molecule is CC/C=C\C/C=C\C/C=C\C/C=C\C/C=C\C/C=C\C/C=C\CCCC(=O)OCC(COC(=O)C/C=C\C/C=C\C/C=C\C/C=C\C/C=C\CC)OC(=O)CCC/C=C\C/C=C\C/C=C\C/C=C\C/C=C\CC. The number of hydrogen-bond acceptors (Lipinski definition) is 6. The quantitative estimate of drug-likeness (QED) is 0.0262. The molecule has 0 saturated carbocycles. The van der Waals surface area contributed by atoms with Crippen LogP contribution in [0.15, 0.2) is 207 Å². The van der Waals surface area contributed by atoms with Gasteiger partial charge in [0, 0.05) is 12.8 Å². The van der Waals surface area contributed by atoms with E-state index in [0.717, 1.165) is 116 Å². The Labute approximate surface area is 445 Å². The average molecular weight is 997 g/mol. The molecule has 0 aromatic carbocycles. The fourth-order valence-corrected chi connectivity index (χ4v) is 6.30. The summed E-state index contributed by atoms with van der Waals surface area (Å²) in [7, 11) is 0. The predicted octanol–water partition coefficient (Wildman–Crippen LogP) is 18.9. The van der Waals surface area contributed by atoms with Crippen LogP contribution in [-0.4, -0.2) is 37.2 Å². The Morgan fingerprint density at radius 2 is 0.521 bits per heavy atom. The summed E-state index contributed by atoms with van der Waals surface area (Å²) in [6.07, 6.45) is 91.4.